The maximum Gasteiger partial charge on any atom is 0.191 e. The van der Waals surface area contributed by atoms with Crippen molar-refractivity contribution in [3.8, 4) is 10.7 Å². The van der Waals surface area contributed by atoms with Crippen molar-refractivity contribution in [2.24, 2.45) is 7.05 Å². The van der Waals surface area contributed by atoms with Crippen LogP contribution in [-0.4, -0.2) is 32.8 Å². The third kappa shape index (κ3) is 3.42. The summed E-state index contributed by atoms with van der Waals surface area (Å²) >= 11 is 3.08. The summed E-state index contributed by atoms with van der Waals surface area (Å²) in [6, 6.07) is 12.4. The van der Waals surface area contributed by atoms with Crippen LogP contribution in [0.4, 0.5) is 5.69 Å². The zero-order chi connectivity index (χ0) is 20.8. The molecule has 29 heavy (non-hydrogen) atoms. The Labute approximate surface area is 179 Å². The first-order valence-electron chi connectivity index (χ1n) is 9.50. The molecule has 0 aliphatic carbocycles. The van der Waals surface area contributed by atoms with Gasteiger partial charge in [-0.25, -0.2) is 0 Å². The zero-order valence-corrected chi connectivity index (χ0v) is 18.8. The molecule has 1 aromatic carbocycles. The highest BCUT2D eigenvalue weighted by atomic mass is 32.2. The SMILES string of the molecule is CC(Sc1nnc(-c2cccs2)n1C)C(=O)/C=C1\N(C)c2ccccc2C1(C)C. The number of anilines is 1. The summed E-state index contributed by atoms with van der Waals surface area (Å²) in [5.74, 6) is 0.908. The summed E-state index contributed by atoms with van der Waals surface area (Å²) < 4.78 is 1.95. The maximum atomic E-state index is 13.1. The Hall–Kier alpha value is -2.38. The number of thioether (sulfide) groups is 1. The number of rotatable bonds is 5. The van der Waals surface area contributed by atoms with E-state index >= 15 is 0 Å². The van der Waals surface area contributed by atoms with Crippen LogP contribution in [0.2, 0.25) is 0 Å². The predicted molar refractivity (Wildman–Crippen MR) is 121 cm³/mol. The van der Waals surface area contributed by atoms with Crippen molar-refractivity contribution in [3.63, 3.8) is 0 Å². The molecule has 0 fully saturated rings. The van der Waals surface area contributed by atoms with E-state index in [4.69, 9.17) is 0 Å². The van der Waals surface area contributed by atoms with Gasteiger partial charge < -0.3 is 9.47 Å². The fraction of sp³-hybridized carbons (Fsp3) is 0.318. The number of nitrogens with zero attached hydrogens (tertiary/aromatic N) is 4. The number of hydrogen-bond acceptors (Lipinski definition) is 6. The summed E-state index contributed by atoms with van der Waals surface area (Å²) in [6.07, 6.45) is 1.80. The maximum absolute atomic E-state index is 13.1. The molecule has 2 aromatic heterocycles. The van der Waals surface area contributed by atoms with Gasteiger partial charge in [-0.1, -0.05) is 49.9 Å². The lowest BCUT2D eigenvalue weighted by atomic mass is 9.83. The highest BCUT2D eigenvalue weighted by Gasteiger charge is 2.38. The van der Waals surface area contributed by atoms with Gasteiger partial charge in [0.2, 0.25) is 0 Å². The minimum absolute atomic E-state index is 0.0819. The van der Waals surface area contributed by atoms with Crippen LogP contribution in [0, 0.1) is 0 Å². The van der Waals surface area contributed by atoms with Crippen LogP contribution in [0.1, 0.15) is 26.3 Å². The van der Waals surface area contributed by atoms with Crippen molar-refractivity contribution in [2.45, 2.75) is 36.6 Å². The fourth-order valence-electron chi connectivity index (χ4n) is 3.77. The van der Waals surface area contributed by atoms with Crippen molar-refractivity contribution in [1.29, 1.82) is 0 Å². The molecule has 0 radical (unpaired) electrons. The van der Waals surface area contributed by atoms with Crippen LogP contribution < -0.4 is 4.90 Å². The quantitative estimate of drug-likeness (QED) is 0.430. The largest absolute Gasteiger partial charge is 0.347 e. The van der Waals surface area contributed by atoms with Crippen LogP contribution in [0.5, 0.6) is 0 Å². The van der Waals surface area contributed by atoms with E-state index in [2.05, 4.69) is 47.1 Å². The van der Waals surface area contributed by atoms with Crippen molar-refractivity contribution < 1.29 is 4.79 Å². The molecule has 150 valence electrons. The van der Waals surface area contributed by atoms with Crippen LogP contribution in [0.25, 0.3) is 10.7 Å². The lowest BCUT2D eigenvalue weighted by Gasteiger charge is -2.24. The van der Waals surface area contributed by atoms with Gasteiger partial charge in [0.1, 0.15) is 0 Å². The number of benzene rings is 1. The van der Waals surface area contributed by atoms with Crippen molar-refractivity contribution in [3.05, 3.63) is 59.1 Å². The van der Waals surface area contributed by atoms with Crippen molar-refractivity contribution >= 4 is 34.6 Å². The van der Waals surface area contributed by atoms with E-state index < -0.39 is 0 Å². The molecule has 0 amide bonds. The van der Waals surface area contributed by atoms with E-state index in [0.717, 1.165) is 27.2 Å². The molecule has 4 rings (SSSR count). The number of thiophene rings is 1. The van der Waals surface area contributed by atoms with Gasteiger partial charge in [0.25, 0.3) is 0 Å². The van der Waals surface area contributed by atoms with E-state index in [1.807, 2.05) is 49.2 Å². The van der Waals surface area contributed by atoms with Crippen molar-refractivity contribution in [1.82, 2.24) is 14.8 Å². The normalized spacial score (nSPS) is 17.6. The molecule has 1 aliphatic rings. The van der Waals surface area contributed by atoms with Gasteiger partial charge in [-0.2, -0.15) is 0 Å². The smallest absolute Gasteiger partial charge is 0.191 e. The van der Waals surface area contributed by atoms with Gasteiger partial charge in [-0.05, 0) is 30.0 Å². The molecule has 0 bridgehead atoms. The minimum Gasteiger partial charge on any atom is -0.347 e. The van der Waals surface area contributed by atoms with Crippen molar-refractivity contribution in [2.75, 3.05) is 11.9 Å². The van der Waals surface area contributed by atoms with Crippen LogP contribution >= 0.6 is 23.1 Å². The third-order valence-corrected chi connectivity index (χ3v) is 7.50. The second kappa shape index (κ2) is 7.46. The van der Waals surface area contributed by atoms with Gasteiger partial charge >= 0.3 is 0 Å². The summed E-state index contributed by atoms with van der Waals surface area (Å²) in [5, 5.41) is 11.1. The predicted octanol–water partition coefficient (Wildman–Crippen LogP) is 4.90. The highest BCUT2D eigenvalue weighted by molar-refractivity contribution is 8.00. The third-order valence-electron chi connectivity index (χ3n) is 5.48. The van der Waals surface area contributed by atoms with Gasteiger partial charge in [0.05, 0.1) is 10.1 Å². The Morgan fingerprint density at radius 3 is 2.62 bits per heavy atom. The van der Waals surface area contributed by atoms with E-state index in [1.165, 1.54) is 17.3 Å². The second-order valence-electron chi connectivity index (χ2n) is 7.74. The summed E-state index contributed by atoms with van der Waals surface area (Å²) in [4.78, 5) is 16.3. The Morgan fingerprint density at radius 2 is 1.93 bits per heavy atom. The average molecular weight is 425 g/mol. The Bertz CT molecular complexity index is 1080. The van der Waals surface area contributed by atoms with Gasteiger partial charge in [0, 0.05) is 37.0 Å². The molecular formula is C22H24N4OS2. The average Bonchev–Trinajstić information content (AvgIpc) is 3.39. The molecule has 0 saturated carbocycles. The Balaban J connectivity index is 1.55. The summed E-state index contributed by atoms with van der Waals surface area (Å²) in [7, 11) is 3.97. The fourth-order valence-corrected chi connectivity index (χ4v) is 5.34. The monoisotopic (exact) mass is 424 g/mol. The first-order chi connectivity index (χ1) is 13.8. The number of para-hydroxylation sites is 1. The van der Waals surface area contributed by atoms with E-state index in [0.29, 0.717) is 0 Å². The number of ketones is 1. The molecule has 1 atom stereocenters. The Kier molecular flexibility index (Phi) is 5.12. The van der Waals surface area contributed by atoms with Crippen LogP contribution in [-0.2, 0) is 17.3 Å². The zero-order valence-electron chi connectivity index (χ0n) is 17.2. The molecule has 7 heteroatoms. The van der Waals surface area contributed by atoms with E-state index in [-0.39, 0.29) is 16.4 Å². The number of carbonyl (C=O) groups excluding carboxylic acids is 1. The number of allylic oxidation sites excluding steroid dienone is 2. The number of hydrogen-bond donors (Lipinski definition) is 0. The van der Waals surface area contributed by atoms with Crippen LogP contribution in [0.15, 0.2) is 58.7 Å². The number of carbonyl (C=O) groups is 1. The summed E-state index contributed by atoms with van der Waals surface area (Å²) in [5.41, 5.74) is 3.22. The van der Waals surface area contributed by atoms with Gasteiger partial charge in [-0.3, -0.25) is 4.79 Å². The molecular weight excluding hydrogens is 400 g/mol. The molecule has 0 spiro atoms. The molecule has 3 heterocycles. The molecule has 0 saturated heterocycles. The van der Waals surface area contributed by atoms with Gasteiger partial charge in [-0.15, -0.1) is 21.5 Å². The lowest BCUT2D eigenvalue weighted by Crippen LogP contribution is -2.25. The molecule has 1 aliphatic heterocycles. The number of likely N-dealkylation sites (N-methyl/N-ethyl adjacent to an activating group) is 1. The topological polar surface area (TPSA) is 51.0 Å². The lowest BCUT2D eigenvalue weighted by molar-refractivity contribution is -0.114. The first-order valence-corrected chi connectivity index (χ1v) is 11.3. The highest BCUT2D eigenvalue weighted by Crippen LogP contribution is 2.46. The molecule has 3 aromatic rings. The Morgan fingerprint density at radius 1 is 1.17 bits per heavy atom. The standard InChI is InChI=1S/C22H24N4OS2/c1-14(29-21-24-23-20(26(21)5)18-11-8-12-28-18)17(27)13-19-22(2,3)15-9-6-7-10-16(15)25(19)4/h6-14H,1-5H3/b19-13-. The molecule has 0 N–H and O–H groups in total. The summed E-state index contributed by atoms with van der Waals surface area (Å²) in [6.45, 7) is 6.27. The van der Waals surface area contributed by atoms with Gasteiger partial charge in [0.15, 0.2) is 16.8 Å². The first kappa shape index (κ1) is 19.9. The molecule has 1 unspecified atom stereocenters. The number of aromatic nitrogens is 3. The van der Waals surface area contributed by atoms with Crippen LogP contribution in [0.3, 0.4) is 0 Å². The van der Waals surface area contributed by atoms with E-state index in [9.17, 15) is 4.79 Å². The minimum atomic E-state index is -0.255. The number of fused-ring (bicyclic) bond motifs is 1. The van der Waals surface area contributed by atoms with E-state index in [1.54, 1.807) is 17.4 Å². The molecule has 5 nitrogen and oxygen atoms in total. The second-order valence-corrected chi connectivity index (χ2v) is 9.99.